The third-order valence-electron chi connectivity index (χ3n) is 3.18. The standard InChI is InChI=1S/C14H27NO7P2.4Na/c1-11(2)5-4-6-12(3)7-8-13(16)15-10-9-14(23(17,18)19)24(20,21)22;;;;/h5,7,14H,4,6,8-10H2,1-3H3,(H,15,16)(H2,17,18,19)(H2,20,21,22);;;;/q;4*+1/p-4/b12-7-;;;;. The number of carbonyl (C=O) groups excluding carboxylic acids is 1. The fraction of sp³-hybridized carbons (Fsp3) is 0.643. The second kappa shape index (κ2) is 20.8. The molecule has 14 heteroatoms. The Morgan fingerprint density at radius 3 is 1.79 bits per heavy atom. The number of hydrogen-bond donors (Lipinski definition) is 1. The third kappa shape index (κ3) is 22.4. The molecule has 0 aliphatic carbocycles. The summed E-state index contributed by atoms with van der Waals surface area (Å²) in [7, 11) is -11.1. The van der Waals surface area contributed by atoms with E-state index in [1.54, 1.807) is 6.08 Å². The van der Waals surface area contributed by atoms with E-state index in [1.807, 2.05) is 20.8 Å². The summed E-state index contributed by atoms with van der Waals surface area (Å²) in [6, 6.07) is 0. The molecule has 0 rings (SSSR count). The van der Waals surface area contributed by atoms with E-state index in [9.17, 15) is 33.5 Å². The van der Waals surface area contributed by atoms with E-state index in [-0.39, 0.29) is 131 Å². The maximum Gasteiger partial charge on any atom is 1.00 e. The first-order valence-electron chi connectivity index (χ1n) is 7.43. The van der Waals surface area contributed by atoms with Crippen LogP contribution in [0.1, 0.15) is 46.5 Å². The molecule has 140 valence electrons. The first kappa shape index (κ1) is 41.5. The summed E-state index contributed by atoms with van der Waals surface area (Å²) in [5, 5.41) is -0.242. The van der Waals surface area contributed by atoms with E-state index in [0.717, 1.165) is 18.4 Å². The van der Waals surface area contributed by atoms with Crippen molar-refractivity contribution in [2.24, 2.45) is 0 Å². The van der Waals surface area contributed by atoms with Gasteiger partial charge in [0.15, 0.2) is 0 Å². The van der Waals surface area contributed by atoms with Crippen molar-refractivity contribution < 1.29 is 152 Å². The largest absolute Gasteiger partial charge is 1.00 e. The van der Waals surface area contributed by atoms with Gasteiger partial charge in [-0.25, -0.2) is 0 Å². The van der Waals surface area contributed by atoms with E-state index in [0.29, 0.717) is 0 Å². The monoisotopic (exact) mass is 471 g/mol. The van der Waals surface area contributed by atoms with Crippen LogP contribution in [0.5, 0.6) is 0 Å². The molecule has 0 spiro atoms. The van der Waals surface area contributed by atoms with E-state index in [4.69, 9.17) is 0 Å². The van der Waals surface area contributed by atoms with Crippen molar-refractivity contribution >= 4 is 21.1 Å². The summed E-state index contributed by atoms with van der Waals surface area (Å²) < 4.78 is 21.6. The van der Waals surface area contributed by atoms with Gasteiger partial charge in [-0.15, -0.1) is 0 Å². The van der Waals surface area contributed by atoms with Gasteiger partial charge in [0.2, 0.25) is 5.91 Å². The van der Waals surface area contributed by atoms with Crippen molar-refractivity contribution in [1.82, 2.24) is 5.32 Å². The van der Waals surface area contributed by atoms with Gasteiger partial charge in [0, 0.05) is 18.4 Å². The fourth-order valence-electron chi connectivity index (χ4n) is 1.86. The molecule has 0 bridgehead atoms. The van der Waals surface area contributed by atoms with Crippen LogP contribution in [0, 0.1) is 0 Å². The minimum atomic E-state index is -5.57. The van der Waals surface area contributed by atoms with Crippen LogP contribution in [0.3, 0.4) is 0 Å². The van der Waals surface area contributed by atoms with Gasteiger partial charge < -0.3 is 34.0 Å². The molecular weight excluding hydrogens is 448 g/mol. The average molecular weight is 471 g/mol. The molecule has 0 heterocycles. The average Bonchev–Trinajstić information content (AvgIpc) is 2.38. The van der Waals surface area contributed by atoms with Crippen LogP contribution in [0.25, 0.3) is 0 Å². The second-order valence-corrected chi connectivity index (χ2v) is 9.59. The van der Waals surface area contributed by atoms with E-state index >= 15 is 0 Å². The molecule has 8 nitrogen and oxygen atoms in total. The smallest absolute Gasteiger partial charge is 0.810 e. The summed E-state index contributed by atoms with van der Waals surface area (Å²) in [4.78, 5) is 54.8. The molecule has 0 radical (unpaired) electrons. The number of rotatable bonds is 10. The molecular formula is C14H23NNa4O7P2. The number of nitrogens with one attached hydrogen (secondary N) is 1. The van der Waals surface area contributed by atoms with Crippen molar-refractivity contribution in [3.05, 3.63) is 23.3 Å². The molecule has 0 saturated heterocycles. The fourth-order valence-corrected chi connectivity index (χ4v) is 4.14. The van der Waals surface area contributed by atoms with Crippen LogP contribution in [-0.2, 0) is 13.9 Å². The number of allylic oxidation sites excluding steroid dienone is 3. The van der Waals surface area contributed by atoms with Crippen LogP contribution < -0.4 is 143 Å². The van der Waals surface area contributed by atoms with E-state index in [2.05, 4.69) is 11.4 Å². The Bertz CT molecular complexity index is 564. The number of amides is 1. The minimum absolute atomic E-state index is 0. The maximum absolute atomic E-state index is 11.6. The van der Waals surface area contributed by atoms with Gasteiger partial charge in [-0.2, -0.15) is 0 Å². The summed E-state index contributed by atoms with van der Waals surface area (Å²) in [5.41, 5.74) is 2.21. The zero-order valence-corrected chi connectivity index (χ0v) is 27.8. The summed E-state index contributed by atoms with van der Waals surface area (Å²) >= 11 is 0. The van der Waals surface area contributed by atoms with Crippen molar-refractivity contribution in [1.29, 1.82) is 0 Å². The predicted molar refractivity (Wildman–Crippen MR) is 83.7 cm³/mol. The Hall–Kier alpha value is 3.25. The normalized spacial score (nSPS) is 11.2. The molecule has 1 N–H and O–H groups in total. The molecule has 1 amide bonds. The molecule has 0 aliphatic heterocycles. The van der Waals surface area contributed by atoms with Crippen LogP contribution in [0.4, 0.5) is 0 Å². The van der Waals surface area contributed by atoms with Crippen LogP contribution in [-0.4, -0.2) is 17.9 Å². The maximum atomic E-state index is 11.6. The van der Waals surface area contributed by atoms with Crippen molar-refractivity contribution in [2.45, 2.75) is 51.9 Å². The second-order valence-electron chi connectivity index (χ2n) is 5.77. The summed E-state index contributed by atoms with van der Waals surface area (Å²) in [6.07, 6.45) is 4.74. The molecule has 0 atom stereocenters. The Morgan fingerprint density at radius 2 is 1.39 bits per heavy atom. The molecule has 0 aliphatic rings. The first-order valence-corrected chi connectivity index (χ1v) is 10.7. The van der Waals surface area contributed by atoms with Crippen molar-refractivity contribution in [3.8, 4) is 0 Å². The Labute approximate surface area is 256 Å². The van der Waals surface area contributed by atoms with E-state index in [1.165, 1.54) is 5.57 Å². The third-order valence-corrected chi connectivity index (χ3v) is 6.86. The van der Waals surface area contributed by atoms with Gasteiger partial charge in [-0.05, 0) is 40.0 Å². The number of hydrogen-bond acceptors (Lipinski definition) is 7. The molecule has 0 aromatic carbocycles. The minimum Gasteiger partial charge on any atom is -0.810 e. The van der Waals surface area contributed by atoms with Gasteiger partial charge in [0.25, 0.3) is 0 Å². The quantitative estimate of drug-likeness (QED) is 0.188. The zero-order valence-electron chi connectivity index (χ0n) is 18.0. The molecule has 0 aromatic heterocycles. The molecule has 28 heavy (non-hydrogen) atoms. The topological polar surface area (TPSA) is 155 Å². The molecule has 0 aromatic rings. The Morgan fingerprint density at radius 1 is 0.929 bits per heavy atom. The molecule has 0 fully saturated rings. The van der Waals surface area contributed by atoms with Gasteiger partial charge in [0.1, 0.15) is 0 Å². The van der Waals surface area contributed by atoms with Gasteiger partial charge in [-0.1, -0.05) is 38.5 Å². The predicted octanol–water partition coefficient (Wildman–Crippen LogP) is -12.3. The zero-order chi connectivity index (χ0) is 19.0. The molecule has 0 saturated carbocycles. The van der Waals surface area contributed by atoms with Gasteiger partial charge >= 0.3 is 118 Å². The summed E-state index contributed by atoms with van der Waals surface area (Å²) in [6.45, 7) is 5.48. The Balaban J connectivity index is -0.000000441. The SMILES string of the molecule is CC(C)=CCC/C(C)=C\CC(=O)NCCC(P(=O)([O-])[O-])P(=O)([O-])[O-].[Na+].[Na+].[Na+].[Na+]. The van der Waals surface area contributed by atoms with Crippen LogP contribution in [0.2, 0.25) is 0 Å². The summed E-state index contributed by atoms with van der Waals surface area (Å²) in [5.74, 6) is -0.450. The van der Waals surface area contributed by atoms with Crippen LogP contribution >= 0.6 is 15.2 Å². The van der Waals surface area contributed by atoms with Crippen molar-refractivity contribution in [3.63, 3.8) is 0 Å². The van der Waals surface area contributed by atoms with Gasteiger partial charge in [0.05, 0.1) is 0 Å². The van der Waals surface area contributed by atoms with Gasteiger partial charge in [-0.3, -0.25) is 4.79 Å². The Kier molecular flexibility index (Phi) is 30.9. The van der Waals surface area contributed by atoms with Crippen LogP contribution in [0.15, 0.2) is 23.3 Å². The molecule has 0 unspecified atom stereocenters. The van der Waals surface area contributed by atoms with E-state index < -0.39 is 32.9 Å². The first-order chi connectivity index (χ1) is 10.8. The number of carbonyl (C=O) groups is 1. The van der Waals surface area contributed by atoms with Crippen molar-refractivity contribution in [2.75, 3.05) is 6.54 Å².